The minimum absolute atomic E-state index is 0.00923. The van der Waals surface area contributed by atoms with Crippen LogP contribution in [-0.4, -0.2) is 74.9 Å². The van der Waals surface area contributed by atoms with Crippen LogP contribution in [0.25, 0.3) is 0 Å². The largest absolute Gasteiger partial charge is 0.467 e. The quantitative estimate of drug-likeness (QED) is 0.642. The minimum Gasteiger partial charge on any atom is -0.467 e. The van der Waals surface area contributed by atoms with E-state index in [1.54, 1.807) is 24.1 Å². The van der Waals surface area contributed by atoms with Crippen LogP contribution < -0.4 is 0 Å². The number of ether oxygens (including phenoxy) is 1. The molecule has 0 N–H and O–H groups in total. The molecule has 1 fully saturated rings. The molecule has 0 aromatic carbocycles. The van der Waals surface area contributed by atoms with E-state index in [2.05, 4.69) is 0 Å². The highest BCUT2D eigenvalue weighted by molar-refractivity contribution is 7.91. The lowest BCUT2D eigenvalue weighted by molar-refractivity contribution is -0.152. The van der Waals surface area contributed by atoms with Crippen molar-refractivity contribution in [2.45, 2.75) is 6.54 Å². The molecule has 1 aromatic rings. The molecule has 1 aliphatic heterocycles. The monoisotopic (exact) mass is 344 g/mol. The Labute approximate surface area is 134 Å². The van der Waals surface area contributed by atoms with Crippen LogP contribution in [0.15, 0.2) is 22.8 Å². The summed E-state index contributed by atoms with van der Waals surface area (Å²) in [4.78, 5) is 26.7. The number of rotatable bonds is 6. The van der Waals surface area contributed by atoms with Crippen LogP contribution >= 0.6 is 0 Å². The van der Waals surface area contributed by atoms with Crippen LogP contribution in [0.3, 0.4) is 0 Å². The summed E-state index contributed by atoms with van der Waals surface area (Å²) < 4.78 is 32.7. The van der Waals surface area contributed by atoms with Gasteiger partial charge in [-0.15, -0.1) is 0 Å². The van der Waals surface area contributed by atoms with Gasteiger partial charge in [0.2, 0.25) is 0 Å². The van der Waals surface area contributed by atoms with Crippen LogP contribution in [0.1, 0.15) is 5.76 Å². The lowest BCUT2D eigenvalue weighted by Crippen LogP contribution is -2.43. The normalized spacial score (nSPS) is 17.6. The standard InChI is InChI=1S/C14H20N2O6S/c1-15(9-12-3-2-6-21-12)13(17)11-22-14(18)10-16-4-7-23(19,20)8-5-16/h2-3,6H,4-5,7-11H2,1H3. The molecule has 128 valence electrons. The van der Waals surface area contributed by atoms with Gasteiger partial charge in [-0.2, -0.15) is 0 Å². The van der Waals surface area contributed by atoms with Gasteiger partial charge in [-0.05, 0) is 12.1 Å². The van der Waals surface area contributed by atoms with Crippen molar-refractivity contribution in [3.8, 4) is 0 Å². The first-order valence-corrected chi connectivity index (χ1v) is 9.02. The maximum absolute atomic E-state index is 11.9. The molecule has 0 unspecified atom stereocenters. The van der Waals surface area contributed by atoms with E-state index in [-0.39, 0.29) is 30.6 Å². The summed E-state index contributed by atoms with van der Waals surface area (Å²) in [6.45, 7) is 0.563. The zero-order valence-electron chi connectivity index (χ0n) is 12.9. The fraction of sp³-hybridized carbons (Fsp3) is 0.571. The Morgan fingerprint density at radius 1 is 1.35 bits per heavy atom. The summed E-state index contributed by atoms with van der Waals surface area (Å²) in [5.41, 5.74) is 0. The second-order valence-corrected chi connectivity index (χ2v) is 7.72. The molecule has 0 radical (unpaired) electrons. The minimum atomic E-state index is -2.98. The molecule has 1 amide bonds. The zero-order valence-corrected chi connectivity index (χ0v) is 13.8. The van der Waals surface area contributed by atoms with Gasteiger partial charge in [0.1, 0.15) is 5.76 Å². The molecular formula is C14H20N2O6S. The molecule has 2 heterocycles. The van der Waals surface area contributed by atoms with E-state index in [0.717, 1.165) is 0 Å². The Morgan fingerprint density at radius 2 is 2.04 bits per heavy atom. The van der Waals surface area contributed by atoms with E-state index in [1.807, 2.05) is 0 Å². The van der Waals surface area contributed by atoms with Crippen LogP contribution in [0.2, 0.25) is 0 Å². The highest BCUT2D eigenvalue weighted by Gasteiger charge is 2.23. The maximum atomic E-state index is 11.9. The topological polar surface area (TPSA) is 97.1 Å². The number of likely N-dealkylation sites (N-methyl/N-ethyl adjacent to an activating group) is 1. The number of hydrogen-bond acceptors (Lipinski definition) is 7. The molecule has 0 spiro atoms. The molecule has 0 aliphatic carbocycles. The molecule has 0 saturated carbocycles. The van der Waals surface area contributed by atoms with Crippen molar-refractivity contribution in [1.82, 2.24) is 9.80 Å². The zero-order chi connectivity index (χ0) is 16.9. The average Bonchev–Trinajstić information content (AvgIpc) is 3.00. The fourth-order valence-corrected chi connectivity index (χ4v) is 3.39. The third kappa shape index (κ3) is 5.68. The van der Waals surface area contributed by atoms with E-state index < -0.39 is 15.8 Å². The molecule has 2 rings (SSSR count). The fourth-order valence-electron chi connectivity index (χ4n) is 2.11. The van der Waals surface area contributed by atoms with Gasteiger partial charge in [0.05, 0.1) is 30.9 Å². The van der Waals surface area contributed by atoms with Gasteiger partial charge >= 0.3 is 5.97 Å². The first kappa shape index (κ1) is 17.5. The van der Waals surface area contributed by atoms with Gasteiger partial charge in [0.25, 0.3) is 5.91 Å². The van der Waals surface area contributed by atoms with Gasteiger partial charge in [0.15, 0.2) is 16.4 Å². The molecule has 1 saturated heterocycles. The van der Waals surface area contributed by atoms with Crippen molar-refractivity contribution in [2.75, 3.05) is 44.8 Å². The van der Waals surface area contributed by atoms with Crippen LogP contribution in [-0.2, 0) is 30.7 Å². The SMILES string of the molecule is CN(Cc1ccco1)C(=O)COC(=O)CN1CCS(=O)(=O)CC1. The van der Waals surface area contributed by atoms with Gasteiger partial charge in [-0.1, -0.05) is 0 Å². The van der Waals surface area contributed by atoms with Gasteiger partial charge < -0.3 is 14.1 Å². The smallest absolute Gasteiger partial charge is 0.320 e. The number of carbonyl (C=O) groups is 2. The van der Waals surface area contributed by atoms with Crippen molar-refractivity contribution in [1.29, 1.82) is 0 Å². The predicted octanol–water partition coefficient (Wildman–Crippen LogP) is -0.488. The molecule has 0 atom stereocenters. The molecule has 0 bridgehead atoms. The Hall–Kier alpha value is -1.87. The Balaban J connectivity index is 1.68. The maximum Gasteiger partial charge on any atom is 0.320 e. The van der Waals surface area contributed by atoms with E-state index >= 15 is 0 Å². The van der Waals surface area contributed by atoms with Crippen molar-refractivity contribution in [3.05, 3.63) is 24.2 Å². The van der Waals surface area contributed by atoms with E-state index in [1.165, 1.54) is 11.2 Å². The summed E-state index contributed by atoms with van der Waals surface area (Å²) in [6, 6.07) is 3.48. The first-order chi connectivity index (χ1) is 10.9. The molecule has 8 nitrogen and oxygen atoms in total. The number of nitrogens with zero attached hydrogens (tertiary/aromatic N) is 2. The van der Waals surface area contributed by atoms with Gasteiger partial charge in [-0.3, -0.25) is 14.5 Å². The van der Waals surface area contributed by atoms with E-state index in [4.69, 9.17) is 9.15 Å². The Morgan fingerprint density at radius 3 is 2.65 bits per heavy atom. The number of esters is 1. The van der Waals surface area contributed by atoms with Crippen molar-refractivity contribution in [3.63, 3.8) is 0 Å². The van der Waals surface area contributed by atoms with E-state index in [9.17, 15) is 18.0 Å². The van der Waals surface area contributed by atoms with Crippen LogP contribution in [0, 0.1) is 0 Å². The number of sulfone groups is 1. The second-order valence-electron chi connectivity index (χ2n) is 5.42. The third-order valence-corrected chi connectivity index (χ3v) is 5.15. The van der Waals surface area contributed by atoms with E-state index in [0.29, 0.717) is 25.4 Å². The molecule has 23 heavy (non-hydrogen) atoms. The highest BCUT2D eigenvalue weighted by Crippen LogP contribution is 2.05. The van der Waals surface area contributed by atoms with Crippen LogP contribution in [0.4, 0.5) is 0 Å². The van der Waals surface area contributed by atoms with Crippen molar-refractivity contribution < 1.29 is 27.2 Å². The number of hydrogen-bond donors (Lipinski definition) is 0. The lowest BCUT2D eigenvalue weighted by Gasteiger charge is -2.25. The first-order valence-electron chi connectivity index (χ1n) is 7.20. The van der Waals surface area contributed by atoms with Gasteiger partial charge in [0, 0.05) is 20.1 Å². The Bertz CT molecular complexity index is 626. The molecule has 1 aliphatic rings. The van der Waals surface area contributed by atoms with Crippen LogP contribution in [0.5, 0.6) is 0 Å². The number of furan rings is 1. The highest BCUT2D eigenvalue weighted by atomic mass is 32.2. The lowest BCUT2D eigenvalue weighted by atomic mass is 10.4. The Kier molecular flexibility index (Phi) is 5.78. The number of carbonyl (C=O) groups excluding carboxylic acids is 2. The molecule has 1 aromatic heterocycles. The average molecular weight is 344 g/mol. The summed E-state index contributed by atoms with van der Waals surface area (Å²) in [7, 11) is -1.39. The summed E-state index contributed by atoms with van der Waals surface area (Å²) >= 11 is 0. The van der Waals surface area contributed by atoms with Gasteiger partial charge in [-0.25, -0.2) is 8.42 Å². The summed E-state index contributed by atoms with van der Waals surface area (Å²) in [6.07, 6.45) is 1.52. The second kappa shape index (κ2) is 7.60. The molecule has 9 heteroatoms. The van der Waals surface area contributed by atoms with Crippen molar-refractivity contribution in [2.24, 2.45) is 0 Å². The number of amides is 1. The third-order valence-electron chi connectivity index (χ3n) is 3.55. The summed E-state index contributed by atoms with van der Waals surface area (Å²) in [5.74, 6) is -0.141. The van der Waals surface area contributed by atoms with Crippen molar-refractivity contribution >= 4 is 21.7 Å². The predicted molar refractivity (Wildman–Crippen MR) is 81.2 cm³/mol. The molecular weight excluding hydrogens is 324 g/mol. The summed E-state index contributed by atoms with van der Waals surface area (Å²) in [5, 5.41) is 0.